The normalized spacial score (nSPS) is 10.8. The van der Waals surface area contributed by atoms with Gasteiger partial charge < -0.3 is 4.42 Å². The first kappa shape index (κ1) is 17.0. The number of aromatic nitrogens is 3. The Bertz CT molecular complexity index is 1120. The van der Waals surface area contributed by atoms with Crippen molar-refractivity contribution >= 4 is 17.2 Å². The Morgan fingerprint density at radius 2 is 1.62 bits per heavy atom. The van der Waals surface area contributed by atoms with Gasteiger partial charge in [-0.15, -0.1) is 0 Å². The minimum atomic E-state index is 0.760. The number of anilines is 3. The third-order valence-corrected chi connectivity index (χ3v) is 4.61. The second kappa shape index (κ2) is 7.48. The van der Waals surface area contributed by atoms with Crippen molar-refractivity contribution in [2.24, 2.45) is 0 Å². The number of nitrogens with zero attached hydrogens (tertiary/aromatic N) is 4. The molecule has 3 aromatic heterocycles. The second-order valence-electron chi connectivity index (χ2n) is 6.50. The van der Waals surface area contributed by atoms with Crippen LogP contribution >= 0.6 is 0 Å². The van der Waals surface area contributed by atoms with E-state index in [0.717, 1.165) is 34.3 Å². The third kappa shape index (κ3) is 3.41. The molecule has 0 aliphatic carbocycles. The lowest BCUT2D eigenvalue weighted by Gasteiger charge is -2.25. The van der Waals surface area contributed by atoms with E-state index < -0.39 is 0 Å². The average molecular weight is 378 g/mol. The van der Waals surface area contributed by atoms with Crippen molar-refractivity contribution in [3.8, 4) is 17.1 Å². The second-order valence-corrected chi connectivity index (χ2v) is 6.50. The summed E-state index contributed by atoms with van der Waals surface area (Å²) >= 11 is 0. The zero-order valence-electron chi connectivity index (χ0n) is 15.6. The molecule has 0 aliphatic rings. The predicted octanol–water partition coefficient (Wildman–Crippen LogP) is 6.00. The van der Waals surface area contributed by atoms with Crippen molar-refractivity contribution < 1.29 is 4.42 Å². The Morgan fingerprint density at radius 3 is 2.41 bits per heavy atom. The van der Waals surface area contributed by atoms with Crippen molar-refractivity contribution in [2.45, 2.75) is 0 Å². The van der Waals surface area contributed by atoms with Crippen molar-refractivity contribution in [1.29, 1.82) is 0 Å². The van der Waals surface area contributed by atoms with Gasteiger partial charge in [-0.1, -0.05) is 36.4 Å². The third-order valence-electron chi connectivity index (χ3n) is 4.61. The number of rotatable bonds is 5. The quantitative estimate of drug-likeness (QED) is 0.376. The van der Waals surface area contributed by atoms with E-state index in [9.17, 15) is 0 Å². The number of para-hydroxylation sites is 1. The maximum atomic E-state index is 5.59. The molecule has 0 bridgehead atoms. The first-order chi connectivity index (χ1) is 14.4. The average Bonchev–Trinajstić information content (AvgIpc) is 3.50. The van der Waals surface area contributed by atoms with Crippen LogP contribution in [0.15, 0.2) is 114 Å². The summed E-state index contributed by atoms with van der Waals surface area (Å²) in [6, 6.07) is 30.1. The summed E-state index contributed by atoms with van der Waals surface area (Å²) in [6.45, 7) is 0. The number of pyridine rings is 1. The van der Waals surface area contributed by atoms with E-state index in [1.165, 1.54) is 0 Å². The highest BCUT2D eigenvalue weighted by atomic mass is 16.3. The molecule has 5 nitrogen and oxygen atoms in total. The molecule has 2 aromatic carbocycles. The summed E-state index contributed by atoms with van der Waals surface area (Å²) < 4.78 is 7.34. The molecule has 5 aromatic rings. The molecule has 0 amide bonds. The van der Waals surface area contributed by atoms with Gasteiger partial charge in [-0.2, -0.15) is 5.10 Å². The van der Waals surface area contributed by atoms with E-state index in [0.29, 0.717) is 0 Å². The lowest BCUT2D eigenvalue weighted by atomic mass is 10.1. The van der Waals surface area contributed by atoms with Crippen molar-refractivity contribution in [3.05, 3.63) is 110 Å². The predicted molar refractivity (Wildman–Crippen MR) is 114 cm³/mol. The smallest absolute Gasteiger partial charge is 0.155 e. The molecule has 0 unspecified atom stereocenters. The molecule has 0 aliphatic heterocycles. The molecule has 0 radical (unpaired) electrons. The highest BCUT2D eigenvalue weighted by molar-refractivity contribution is 5.77. The zero-order chi connectivity index (χ0) is 19.5. The van der Waals surface area contributed by atoms with E-state index in [4.69, 9.17) is 9.40 Å². The van der Waals surface area contributed by atoms with Gasteiger partial charge in [-0.25, -0.2) is 9.67 Å². The summed E-state index contributed by atoms with van der Waals surface area (Å²) in [5.74, 6) is 2.40. The SMILES string of the molecule is c1ccc(N(c2cccc(-c3ccco3)c2)c2cccc(-n3cccn3)n2)cc1. The topological polar surface area (TPSA) is 47.1 Å². The van der Waals surface area contributed by atoms with Gasteiger partial charge >= 0.3 is 0 Å². The summed E-state index contributed by atoms with van der Waals surface area (Å²) in [5, 5.41) is 4.30. The highest BCUT2D eigenvalue weighted by Gasteiger charge is 2.15. The van der Waals surface area contributed by atoms with Gasteiger partial charge in [0.2, 0.25) is 0 Å². The number of benzene rings is 2. The highest BCUT2D eigenvalue weighted by Crippen LogP contribution is 2.35. The Hall–Kier alpha value is -4.12. The van der Waals surface area contributed by atoms with Gasteiger partial charge in [-0.3, -0.25) is 4.90 Å². The molecular weight excluding hydrogens is 360 g/mol. The van der Waals surface area contributed by atoms with E-state index in [2.05, 4.69) is 34.3 Å². The minimum Gasteiger partial charge on any atom is -0.464 e. The standard InChI is InChI=1S/C24H18N4O/c1-2-9-20(10-3-1)28(21-11-4-8-19(18-21)22-12-6-17-29-22)24-14-5-13-23(26-24)27-16-7-15-25-27/h1-18H. The molecule has 140 valence electrons. The molecular formula is C24H18N4O. The number of furan rings is 1. The Balaban J connectivity index is 1.64. The number of hydrogen-bond donors (Lipinski definition) is 0. The van der Waals surface area contributed by atoms with Gasteiger partial charge in [0.15, 0.2) is 5.82 Å². The van der Waals surface area contributed by atoms with Crippen LogP contribution in [0, 0.1) is 0 Å². The molecule has 29 heavy (non-hydrogen) atoms. The van der Waals surface area contributed by atoms with Gasteiger partial charge in [0.1, 0.15) is 11.6 Å². The van der Waals surface area contributed by atoms with Gasteiger partial charge in [0.25, 0.3) is 0 Å². The molecule has 0 atom stereocenters. The number of hydrogen-bond acceptors (Lipinski definition) is 4. The Labute approximate surface area is 168 Å². The molecule has 5 rings (SSSR count). The molecule has 3 heterocycles. The lowest BCUT2D eigenvalue weighted by Crippen LogP contribution is -2.12. The van der Waals surface area contributed by atoms with E-state index in [-0.39, 0.29) is 0 Å². The first-order valence-corrected chi connectivity index (χ1v) is 9.35. The fourth-order valence-electron chi connectivity index (χ4n) is 3.30. The van der Waals surface area contributed by atoms with Crippen LogP contribution in [-0.2, 0) is 0 Å². The molecule has 0 saturated heterocycles. The zero-order valence-corrected chi connectivity index (χ0v) is 15.6. The largest absolute Gasteiger partial charge is 0.464 e. The summed E-state index contributed by atoms with van der Waals surface area (Å²) in [5.41, 5.74) is 3.03. The monoisotopic (exact) mass is 378 g/mol. The Morgan fingerprint density at radius 1 is 0.759 bits per heavy atom. The minimum absolute atomic E-state index is 0.760. The molecule has 0 saturated carbocycles. The van der Waals surface area contributed by atoms with Crippen LogP contribution in [-0.4, -0.2) is 14.8 Å². The van der Waals surface area contributed by atoms with Crippen LogP contribution in [0.3, 0.4) is 0 Å². The fourth-order valence-corrected chi connectivity index (χ4v) is 3.30. The summed E-state index contributed by atoms with van der Waals surface area (Å²) in [7, 11) is 0. The molecule has 5 heteroatoms. The van der Waals surface area contributed by atoms with Crippen LogP contribution in [0.4, 0.5) is 17.2 Å². The van der Waals surface area contributed by atoms with Crippen molar-refractivity contribution in [1.82, 2.24) is 14.8 Å². The van der Waals surface area contributed by atoms with Gasteiger partial charge in [0, 0.05) is 29.3 Å². The molecule has 0 N–H and O–H groups in total. The molecule has 0 fully saturated rings. The maximum Gasteiger partial charge on any atom is 0.155 e. The maximum absolute atomic E-state index is 5.59. The molecule has 0 spiro atoms. The van der Waals surface area contributed by atoms with E-state index in [1.54, 1.807) is 17.1 Å². The van der Waals surface area contributed by atoms with E-state index in [1.807, 2.05) is 72.9 Å². The van der Waals surface area contributed by atoms with Crippen LogP contribution in [0.5, 0.6) is 0 Å². The lowest BCUT2D eigenvalue weighted by molar-refractivity contribution is 0.582. The van der Waals surface area contributed by atoms with Gasteiger partial charge in [-0.05, 0) is 54.6 Å². The van der Waals surface area contributed by atoms with Crippen molar-refractivity contribution in [2.75, 3.05) is 4.90 Å². The van der Waals surface area contributed by atoms with Crippen molar-refractivity contribution in [3.63, 3.8) is 0 Å². The summed E-state index contributed by atoms with van der Waals surface area (Å²) in [6.07, 6.45) is 5.32. The summed E-state index contributed by atoms with van der Waals surface area (Å²) in [4.78, 5) is 6.99. The van der Waals surface area contributed by atoms with Crippen LogP contribution in [0.2, 0.25) is 0 Å². The Kier molecular flexibility index (Phi) is 4.39. The van der Waals surface area contributed by atoms with E-state index >= 15 is 0 Å². The van der Waals surface area contributed by atoms with Crippen LogP contribution in [0.1, 0.15) is 0 Å². The van der Waals surface area contributed by atoms with Gasteiger partial charge in [0.05, 0.1) is 6.26 Å². The van der Waals surface area contributed by atoms with Crippen LogP contribution < -0.4 is 4.90 Å². The fraction of sp³-hybridized carbons (Fsp3) is 0. The van der Waals surface area contributed by atoms with Crippen LogP contribution in [0.25, 0.3) is 17.1 Å². The first-order valence-electron chi connectivity index (χ1n) is 9.35.